The van der Waals surface area contributed by atoms with Crippen LogP contribution in [0.5, 0.6) is 11.5 Å². The van der Waals surface area contributed by atoms with Crippen LogP contribution < -0.4 is 51.6 Å². The third kappa shape index (κ3) is 22.5. The number of hydrogen-bond acceptors (Lipinski definition) is 20. The van der Waals surface area contributed by atoms with Crippen molar-refractivity contribution >= 4 is 130 Å². The van der Waals surface area contributed by atoms with E-state index in [0.717, 1.165) is 145 Å². The van der Waals surface area contributed by atoms with Crippen LogP contribution >= 0.6 is 57.7 Å². The minimum atomic E-state index is -4.02. The Kier molecular flexibility index (Phi) is 30.2. The monoisotopic (exact) mass is 1790 g/mol. The maximum atomic E-state index is 13.8. The second kappa shape index (κ2) is 39.7. The van der Waals surface area contributed by atoms with Crippen molar-refractivity contribution in [3.05, 3.63) is 202 Å². The van der Waals surface area contributed by atoms with E-state index in [0.29, 0.717) is 44.0 Å². The average molecular weight is 1790 g/mol. The largest absolute Gasteiger partial charge is 0.495 e. The van der Waals surface area contributed by atoms with Crippen molar-refractivity contribution in [1.29, 1.82) is 0 Å². The van der Waals surface area contributed by atoms with Gasteiger partial charge in [0.15, 0.2) is 0 Å². The molecule has 29 heteroatoms. The summed E-state index contributed by atoms with van der Waals surface area (Å²) in [6.07, 6.45) is 24.1. The van der Waals surface area contributed by atoms with Crippen LogP contribution in [0.1, 0.15) is 88.3 Å². The predicted molar refractivity (Wildman–Crippen MR) is 490 cm³/mol. The summed E-state index contributed by atoms with van der Waals surface area (Å²) in [4.78, 5) is 28.0. The number of nitrogens with zero attached hydrogens (tertiary/aromatic N) is 12. The van der Waals surface area contributed by atoms with Crippen molar-refractivity contribution in [2.24, 2.45) is 14.1 Å². The molecule has 8 heterocycles. The van der Waals surface area contributed by atoms with Crippen LogP contribution in [0, 0.1) is 20.8 Å². The van der Waals surface area contributed by atoms with Crippen molar-refractivity contribution in [2.75, 3.05) is 125 Å². The highest BCUT2D eigenvalue weighted by Crippen LogP contribution is 2.47. The number of benzene rings is 7. The summed E-state index contributed by atoms with van der Waals surface area (Å²) in [5.41, 5.74) is 23.0. The molecule has 0 unspecified atom stereocenters. The molecule has 4 saturated heterocycles. The van der Waals surface area contributed by atoms with Gasteiger partial charge in [-0.3, -0.25) is 13.9 Å². The topological polar surface area (TPSA) is 269 Å². The van der Waals surface area contributed by atoms with E-state index in [1.807, 2.05) is 137 Å². The van der Waals surface area contributed by atoms with Crippen LogP contribution in [0.25, 0.3) is 44.5 Å². The lowest BCUT2D eigenvalue weighted by Gasteiger charge is -2.41. The molecule has 11 aromatic rings. The normalized spacial score (nSPS) is 15.1. The number of nitrogens with one attached hydrogen (secondary N) is 3. The molecule has 4 aromatic heterocycles. The molecule has 23 nitrogen and oxygen atoms in total. The minimum Gasteiger partial charge on any atom is -0.495 e. The number of ether oxygens (including phenoxy) is 2. The van der Waals surface area contributed by atoms with Crippen LogP contribution in [-0.4, -0.2) is 168 Å². The number of piperidine rings is 4. The third-order valence-electron chi connectivity index (χ3n) is 21.8. The molecule has 4 fully saturated rings. The molecular formula is C88H109Br2ClN16O7P2S. The Balaban J connectivity index is 0.000000173. The molecule has 7 aromatic carbocycles. The summed E-state index contributed by atoms with van der Waals surface area (Å²) in [5.74, 6) is 2.93. The number of methoxy groups -OCH3 is 2. The van der Waals surface area contributed by atoms with E-state index in [9.17, 15) is 17.5 Å². The summed E-state index contributed by atoms with van der Waals surface area (Å²) < 4.78 is 72.9. The van der Waals surface area contributed by atoms with Gasteiger partial charge >= 0.3 is 0 Å². The van der Waals surface area contributed by atoms with Crippen LogP contribution in [0.2, 0.25) is 5.28 Å². The number of anilines is 9. The van der Waals surface area contributed by atoms with Gasteiger partial charge in [0, 0.05) is 134 Å². The number of nitrogen functional groups attached to an aromatic ring is 1. The minimum absolute atomic E-state index is 0. The molecule has 0 amide bonds. The summed E-state index contributed by atoms with van der Waals surface area (Å²) in [7, 11) is -2.01. The zero-order chi connectivity index (χ0) is 82.6. The SMILES string of the molecule is C.COc1cc(N2CCC(N3CCCCC3)CC2)c(-c2cnn(C)c2)cc1N.COc1cc(N2CCC(N3CCCCC3)CC2)c(-c2cnn(C)c2)cc1Nc1ncc(Br)c(Nc2ccc(-c3ccccc3)c(C)c2P(C)(C)=O)n1.Cc1c(-c2ccccc2)ccc(Nc2nc(Cl)ncc2Br)c1P(C)(C)=O.Cc1ccc(S(=O)(=O)O)cc1. The highest BCUT2D eigenvalue weighted by Gasteiger charge is 2.32. The molecule has 0 radical (unpaired) electrons. The molecule has 4 aliphatic heterocycles. The van der Waals surface area contributed by atoms with Crippen LogP contribution in [0.4, 0.5) is 51.7 Å². The van der Waals surface area contributed by atoms with E-state index in [-0.39, 0.29) is 17.6 Å². The highest BCUT2D eigenvalue weighted by molar-refractivity contribution is 9.11. The fraction of sp³-hybridized carbons (Fsp3) is 0.364. The second-order valence-corrected chi connectivity index (χ2v) is 40.5. The number of aromatic nitrogens is 8. The fourth-order valence-electron chi connectivity index (χ4n) is 16.1. The lowest BCUT2D eigenvalue weighted by atomic mass is 9.97. The number of halogens is 3. The van der Waals surface area contributed by atoms with Crippen LogP contribution in [0.15, 0.2) is 184 Å². The summed E-state index contributed by atoms with van der Waals surface area (Å²) in [6, 6.07) is 44.1. The maximum Gasteiger partial charge on any atom is 0.294 e. The van der Waals surface area contributed by atoms with Crippen molar-refractivity contribution in [2.45, 2.75) is 109 Å². The van der Waals surface area contributed by atoms with Gasteiger partial charge in [-0.2, -0.15) is 28.6 Å². The van der Waals surface area contributed by atoms with Gasteiger partial charge < -0.3 is 59.9 Å². The molecule has 0 spiro atoms. The number of hydrogen-bond donors (Lipinski definition) is 5. The first-order valence-electron chi connectivity index (χ1n) is 39.2. The van der Waals surface area contributed by atoms with Crippen molar-refractivity contribution < 1.29 is 31.6 Å². The smallest absolute Gasteiger partial charge is 0.294 e. The Labute approximate surface area is 711 Å². The first-order valence-corrected chi connectivity index (χ1v) is 47.8. The number of rotatable bonds is 19. The lowest BCUT2D eigenvalue weighted by molar-refractivity contribution is 0.141. The summed E-state index contributed by atoms with van der Waals surface area (Å²) in [6.45, 7) is 22.2. The Morgan fingerprint density at radius 1 is 0.513 bits per heavy atom. The molecule has 620 valence electrons. The van der Waals surface area contributed by atoms with Gasteiger partial charge in [-0.15, -0.1) is 0 Å². The number of aryl methyl sites for hydroxylation is 3. The Morgan fingerprint density at radius 3 is 1.36 bits per heavy atom. The van der Waals surface area contributed by atoms with Gasteiger partial charge in [-0.25, -0.2) is 9.97 Å². The van der Waals surface area contributed by atoms with Gasteiger partial charge in [0.2, 0.25) is 11.2 Å². The third-order valence-corrected chi connectivity index (χ3v) is 27.3. The fourth-order valence-corrected chi connectivity index (χ4v) is 20.6. The van der Waals surface area contributed by atoms with Crippen LogP contribution in [0.3, 0.4) is 0 Å². The number of nitrogens with two attached hydrogens (primary N) is 1. The first kappa shape index (κ1) is 88.9. The molecule has 0 bridgehead atoms. The highest BCUT2D eigenvalue weighted by atomic mass is 79.9. The molecule has 6 N–H and O–H groups in total. The molecule has 15 rings (SSSR count). The summed E-state index contributed by atoms with van der Waals surface area (Å²) in [5, 5.41) is 20.8. The van der Waals surface area contributed by atoms with Crippen LogP contribution in [-0.2, 0) is 33.3 Å². The lowest BCUT2D eigenvalue weighted by Crippen LogP contribution is -2.46. The van der Waals surface area contributed by atoms with Crippen molar-refractivity contribution in [3.8, 4) is 56.0 Å². The molecule has 117 heavy (non-hydrogen) atoms. The maximum absolute atomic E-state index is 13.8. The molecule has 4 aliphatic rings. The average Bonchev–Trinajstić information content (AvgIpc) is 1.17. The predicted octanol–water partition coefficient (Wildman–Crippen LogP) is 19.7. The zero-order valence-corrected chi connectivity index (χ0v) is 74.4. The summed E-state index contributed by atoms with van der Waals surface area (Å²) >= 11 is 13.0. The van der Waals surface area contributed by atoms with E-state index < -0.39 is 24.4 Å². The Morgan fingerprint density at radius 2 is 0.940 bits per heavy atom. The van der Waals surface area contributed by atoms with Gasteiger partial charge in [-0.05, 0) is 238 Å². The zero-order valence-electron chi connectivity index (χ0n) is 67.8. The van der Waals surface area contributed by atoms with Gasteiger partial charge in [0.25, 0.3) is 10.1 Å². The van der Waals surface area contributed by atoms with Gasteiger partial charge in [-0.1, -0.05) is 111 Å². The molecule has 0 aliphatic carbocycles. The van der Waals surface area contributed by atoms with Crippen molar-refractivity contribution in [1.82, 2.24) is 49.3 Å². The van der Waals surface area contributed by atoms with E-state index in [1.54, 1.807) is 52.1 Å². The van der Waals surface area contributed by atoms with E-state index in [2.05, 4.69) is 147 Å². The molecule has 0 atom stereocenters. The first-order chi connectivity index (χ1) is 55.5. The number of likely N-dealkylation sites (tertiary alicyclic amines) is 2. The quantitative estimate of drug-likeness (QED) is 0.0218. The second-order valence-electron chi connectivity index (χ2n) is 30.7. The molecule has 0 saturated carbocycles. The van der Waals surface area contributed by atoms with E-state index >= 15 is 0 Å². The molecular weight excluding hydrogens is 1680 g/mol. The Bertz CT molecular complexity index is 5440. The standard InChI is InChI=1S/C40H48BrN8O2P.C21H31N5O.C19H18BrClN3OP.C7H8O3S.CH4/c1-27-31(28-12-8-6-9-13-28)14-15-34(38(27)52(4,5)50)44-39-33(41)25-42-40(46-39)45-35-22-32(29-24-43-47(2)26-29)36(23-37(35)51-3)49-20-16-30(17-21-49)48-18-10-7-11-19-48;1-24-15-16(14-23-24)18-12-19(22)21(27-2)13-20(18)26-10-6-17(7-11-26)25-8-4-3-5-9-25;1-12-14(13-7-5-4-6-8-13)9-10-16(17(12)26(2,3)25)23-18-15(20)11-22-19(21)24-18;1-6-2-4-7(5-3-6)11(8,9)10;/h6,8-9,12-15,22-26,30H,7,10-11,16-21H2,1-5H3,(H2,42,44,45,46);12-15,17H,3-11,22H2,1-2H3;4-11H,1-3H3,(H,22,23,24);2-5H,1H3,(H,8,9,10);1H4. The Hall–Kier alpha value is -8.94. The van der Waals surface area contributed by atoms with Crippen molar-refractivity contribution in [3.63, 3.8) is 0 Å². The van der Waals surface area contributed by atoms with E-state index in [4.69, 9.17) is 36.3 Å². The van der Waals surface area contributed by atoms with E-state index in [1.165, 1.54) is 95.4 Å². The van der Waals surface area contributed by atoms with Gasteiger partial charge in [0.1, 0.15) is 37.4 Å². The van der Waals surface area contributed by atoms with Gasteiger partial charge in [0.05, 0.1) is 63.2 Å².